The lowest BCUT2D eigenvalue weighted by Crippen LogP contribution is -2.39. The van der Waals surface area contributed by atoms with Crippen molar-refractivity contribution >= 4 is 13.5 Å². The minimum Gasteiger partial charge on any atom is -0.402 e. The first-order chi connectivity index (χ1) is 10.1. The number of fused-ring (bicyclic) bond motifs is 1. The number of benzene rings is 2. The summed E-state index contributed by atoms with van der Waals surface area (Å²) in [7, 11) is -1.74. The fourth-order valence-electron chi connectivity index (χ4n) is 3.18. The van der Waals surface area contributed by atoms with Gasteiger partial charge in [0.05, 0.1) is 6.10 Å². The summed E-state index contributed by atoms with van der Waals surface area (Å²) in [4.78, 5) is 0. The van der Waals surface area contributed by atoms with Crippen LogP contribution in [-0.2, 0) is 10.8 Å². The van der Waals surface area contributed by atoms with Crippen LogP contribution in [0.4, 0.5) is 0 Å². The van der Waals surface area contributed by atoms with E-state index in [1.165, 1.54) is 41.1 Å². The highest BCUT2D eigenvalue weighted by molar-refractivity contribution is 6.85. The van der Waals surface area contributed by atoms with Gasteiger partial charge in [-0.25, -0.2) is 0 Å². The average molecular weight is 296 g/mol. The van der Waals surface area contributed by atoms with Crippen molar-refractivity contribution in [3.63, 3.8) is 0 Å². The Bertz CT molecular complexity index is 616. The zero-order chi connectivity index (χ0) is 14.9. The largest absolute Gasteiger partial charge is 0.402 e. The molecule has 0 radical (unpaired) electrons. The molecule has 0 N–H and O–H groups in total. The molecular formula is C19H24OSi. The molecule has 0 spiro atoms. The number of unbranched alkanes of at least 4 members (excludes halogenated alkanes) is 1. The van der Waals surface area contributed by atoms with Crippen LogP contribution in [0.3, 0.4) is 0 Å². The van der Waals surface area contributed by atoms with Crippen LogP contribution in [0.15, 0.2) is 48.5 Å². The molecule has 0 aliphatic carbocycles. The van der Waals surface area contributed by atoms with Crippen molar-refractivity contribution in [2.75, 3.05) is 0 Å². The van der Waals surface area contributed by atoms with Crippen LogP contribution < -0.4 is 5.19 Å². The van der Waals surface area contributed by atoms with Gasteiger partial charge in [-0.1, -0.05) is 61.9 Å². The molecule has 2 heteroatoms. The van der Waals surface area contributed by atoms with Crippen molar-refractivity contribution in [1.82, 2.24) is 0 Å². The molecule has 1 unspecified atom stereocenters. The summed E-state index contributed by atoms with van der Waals surface area (Å²) in [6.45, 7) is 6.83. The van der Waals surface area contributed by atoms with Gasteiger partial charge in [0.15, 0.2) is 0 Å². The van der Waals surface area contributed by atoms with Crippen molar-refractivity contribution in [3.8, 4) is 0 Å². The first-order valence-corrected chi connectivity index (χ1v) is 10.9. The highest BCUT2D eigenvalue weighted by atomic mass is 28.4. The molecule has 1 aliphatic rings. The molecule has 21 heavy (non-hydrogen) atoms. The van der Waals surface area contributed by atoms with Gasteiger partial charge in [-0.2, -0.15) is 0 Å². The quantitative estimate of drug-likeness (QED) is 0.752. The van der Waals surface area contributed by atoms with Crippen molar-refractivity contribution in [1.29, 1.82) is 0 Å². The van der Waals surface area contributed by atoms with Gasteiger partial charge in [-0.15, -0.1) is 0 Å². The molecule has 1 atom stereocenters. The second kappa shape index (κ2) is 5.78. The Morgan fingerprint density at radius 2 is 1.71 bits per heavy atom. The lowest BCUT2D eigenvalue weighted by molar-refractivity contribution is 0.259. The van der Waals surface area contributed by atoms with E-state index in [0.29, 0.717) is 0 Å². The molecule has 1 nitrogen and oxygen atoms in total. The number of hydrogen-bond donors (Lipinski definition) is 0. The van der Waals surface area contributed by atoms with Gasteiger partial charge >= 0.3 is 0 Å². The van der Waals surface area contributed by atoms with E-state index in [2.05, 4.69) is 68.5 Å². The molecule has 1 aliphatic heterocycles. The zero-order valence-corrected chi connectivity index (χ0v) is 14.2. The first-order valence-electron chi connectivity index (χ1n) is 7.98. The normalized spacial score (nSPS) is 19.5. The molecule has 0 aromatic heterocycles. The Morgan fingerprint density at radius 3 is 2.43 bits per heavy atom. The number of rotatable bonds is 4. The Morgan fingerprint density at radius 1 is 1.00 bits per heavy atom. The third-order valence-electron chi connectivity index (χ3n) is 4.41. The molecule has 3 rings (SSSR count). The molecule has 0 saturated carbocycles. The van der Waals surface area contributed by atoms with Gasteiger partial charge in [-0.3, -0.25) is 0 Å². The highest BCUT2D eigenvalue weighted by Gasteiger charge is 2.40. The molecular weight excluding hydrogens is 272 g/mol. The van der Waals surface area contributed by atoms with Crippen LogP contribution in [0.5, 0.6) is 0 Å². The second-order valence-corrected chi connectivity index (χ2v) is 10.2. The third kappa shape index (κ3) is 2.83. The van der Waals surface area contributed by atoms with E-state index in [-0.39, 0.29) is 6.10 Å². The minimum absolute atomic E-state index is 0.128. The van der Waals surface area contributed by atoms with Crippen LogP contribution >= 0.6 is 0 Å². The van der Waals surface area contributed by atoms with Gasteiger partial charge in [-0.05, 0) is 47.8 Å². The SMILES string of the molecule is CCCCc1ccc(C2O[Si](C)(C)c3ccccc32)cc1. The standard InChI is InChI=1S/C19H24OSi/c1-4-5-8-15-11-13-16(14-12-15)19-17-9-6-7-10-18(17)21(2,3)20-19/h6-7,9-14,19H,4-5,8H2,1-3H3. The molecule has 0 fully saturated rings. The predicted octanol–water partition coefficient (Wildman–Crippen LogP) is 4.56. The maximum atomic E-state index is 6.47. The molecule has 0 bridgehead atoms. The van der Waals surface area contributed by atoms with Crippen LogP contribution in [0, 0.1) is 0 Å². The summed E-state index contributed by atoms with van der Waals surface area (Å²) in [5.41, 5.74) is 4.10. The van der Waals surface area contributed by atoms with Crippen LogP contribution in [-0.4, -0.2) is 8.32 Å². The molecule has 1 heterocycles. The van der Waals surface area contributed by atoms with Crippen LogP contribution in [0.25, 0.3) is 0 Å². The van der Waals surface area contributed by atoms with E-state index in [1.807, 2.05) is 0 Å². The van der Waals surface area contributed by atoms with E-state index in [4.69, 9.17) is 4.43 Å². The summed E-state index contributed by atoms with van der Waals surface area (Å²) < 4.78 is 6.47. The summed E-state index contributed by atoms with van der Waals surface area (Å²) in [6.07, 6.45) is 3.82. The second-order valence-electron chi connectivity index (χ2n) is 6.44. The average Bonchev–Trinajstić information content (AvgIpc) is 2.78. The number of aryl methyl sites for hydroxylation is 1. The van der Waals surface area contributed by atoms with Crippen molar-refractivity contribution in [2.24, 2.45) is 0 Å². The van der Waals surface area contributed by atoms with Gasteiger partial charge in [0.1, 0.15) is 0 Å². The van der Waals surface area contributed by atoms with E-state index < -0.39 is 8.32 Å². The smallest absolute Gasteiger partial charge is 0.219 e. The van der Waals surface area contributed by atoms with E-state index >= 15 is 0 Å². The fourth-order valence-corrected chi connectivity index (χ4v) is 5.57. The molecule has 0 saturated heterocycles. The van der Waals surface area contributed by atoms with Gasteiger partial charge in [0, 0.05) is 0 Å². The Kier molecular flexibility index (Phi) is 4.00. The Labute approximate surface area is 129 Å². The van der Waals surface area contributed by atoms with Crippen LogP contribution in [0.1, 0.15) is 42.6 Å². The molecule has 0 amide bonds. The maximum absolute atomic E-state index is 6.47. The predicted molar refractivity (Wildman–Crippen MR) is 91.5 cm³/mol. The minimum atomic E-state index is -1.74. The monoisotopic (exact) mass is 296 g/mol. The van der Waals surface area contributed by atoms with Gasteiger partial charge in [0.2, 0.25) is 8.32 Å². The van der Waals surface area contributed by atoms with Crippen molar-refractivity contribution in [2.45, 2.75) is 45.4 Å². The molecule has 2 aromatic carbocycles. The third-order valence-corrected chi connectivity index (χ3v) is 6.98. The summed E-state index contributed by atoms with van der Waals surface area (Å²) >= 11 is 0. The van der Waals surface area contributed by atoms with Gasteiger partial charge in [0.25, 0.3) is 0 Å². The van der Waals surface area contributed by atoms with E-state index in [0.717, 1.165) is 0 Å². The van der Waals surface area contributed by atoms with E-state index in [1.54, 1.807) is 0 Å². The van der Waals surface area contributed by atoms with Gasteiger partial charge < -0.3 is 4.43 Å². The first kappa shape index (κ1) is 14.5. The zero-order valence-electron chi connectivity index (χ0n) is 13.2. The lowest BCUT2D eigenvalue weighted by atomic mass is 9.99. The van der Waals surface area contributed by atoms with E-state index in [9.17, 15) is 0 Å². The summed E-state index contributed by atoms with van der Waals surface area (Å²) in [6, 6.07) is 17.8. The van der Waals surface area contributed by atoms with Crippen LogP contribution in [0.2, 0.25) is 13.1 Å². The molecule has 2 aromatic rings. The summed E-state index contributed by atoms with van der Waals surface area (Å²) in [5.74, 6) is 0. The topological polar surface area (TPSA) is 9.23 Å². The Hall–Kier alpha value is -1.38. The highest BCUT2D eigenvalue weighted by Crippen LogP contribution is 2.35. The summed E-state index contributed by atoms with van der Waals surface area (Å²) in [5, 5.41) is 1.45. The fraction of sp³-hybridized carbons (Fsp3) is 0.368. The number of hydrogen-bond acceptors (Lipinski definition) is 1. The Balaban J connectivity index is 1.88. The lowest BCUT2D eigenvalue weighted by Gasteiger charge is -2.19. The maximum Gasteiger partial charge on any atom is 0.219 e. The van der Waals surface area contributed by atoms with Crippen molar-refractivity contribution < 1.29 is 4.43 Å². The molecule has 110 valence electrons. The van der Waals surface area contributed by atoms with Crippen molar-refractivity contribution in [3.05, 3.63) is 65.2 Å².